The minimum absolute atomic E-state index is 0.0943. The van der Waals surface area contributed by atoms with Crippen molar-refractivity contribution in [2.75, 3.05) is 20.2 Å². The number of carbonyl (C=O) groups excluding carboxylic acids is 2. The minimum Gasteiger partial charge on any atom is -0.393 e. The molecule has 0 saturated carbocycles. The molecule has 1 atom stereocenters. The average molecular weight is 335 g/mol. The molecule has 1 aromatic heterocycles. The van der Waals surface area contributed by atoms with Crippen molar-refractivity contribution >= 4 is 17.5 Å². The van der Waals surface area contributed by atoms with Gasteiger partial charge in [0, 0.05) is 33.0 Å². The summed E-state index contributed by atoms with van der Waals surface area (Å²) in [6.45, 7) is 1.19. The topological polar surface area (TPSA) is 111 Å². The van der Waals surface area contributed by atoms with E-state index in [2.05, 4.69) is 10.2 Å². The fourth-order valence-electron chi connectivity index (χ4n) is 2.92. The summed E-state index contributed by atoms with van der Waals surface area (Å²) in [4.78, 5) is 25.9. The molecule has 2 aliphatic rings. The first-order chi connectivity index (χ1) is 11.5. The zero-order chi connectivity index (χ0) is 17.3. The smallest absolute Gasteiger partial charge is 0.270 e. The maximum atomic E-state index is 12.7. The highest BCUT2D eigenvalue weighted by atomic mass is 16.3. The predicted octanol–water partition coefficient (Wildman–Crippen LogP) is -0.751. The molecule has 2 amide bonds. The third kappa shape index (κ3) is 3.17. The van der Waals surface area contributed by atoms with Gasteiger partial charge in [0.15, 0.2) is 0 Å². The van der Waals surface area contributed by atoms with Crippen LogP contribution in [0.25, 0.3) is 0 Å². The maximum Gasteiger partial charge on any atom is 0.270 e. The summed E-state index contributed by atoms with van der Waals surface area (Å²) in [6, 6.07) is 1.71. The quantitative estimate of drug-likeness (QED) is 0.755. The van der Waals surface area contributed by atoms with Crippen molar-refractivity contribution in [3.05, 3.63) is 17.5 Å². The number of aliphatic hydroxyl groups excluding tert-OH is 2. The zero-order valence-electron chi connectivity index (χ0n) is 13.6. The summed E-state index contributed by atoms with van der Waals surface area (Å²) < 4.78 is 1.76. The first-order valence-electron chi connectivity index (χ1n) is 7.98. The van der Waals surface area contributed by atoms with Crippen LogP contribution in [-0.2, 0) is 22.7 Å². The molecule has 3 rings (SSSR count). The molecule has 9 heteroatoms. The van der Waals surface area contributed by atoms with Crippen LogP contribution in [0.15, 0.2) is 11.2 Å². The SMILES string of the molecule is CN1N=C(C(=O)N2CCCn3nc([C@@H](O)CO)cc3C2)CCC1=O. The van der Waals surface area contributed by atoms with Gasteiger partial charge in [-0.25, -0.2) is 5.01 Å². The summed E-state index contributed by atoms with van der Waals surface area (Å²) in [5.41, 5.74) is 1.60. The number of rotatable bonds is 3. The summed E-state index contributed by atoms with van der Waals surface area (Å²) in [6.07, 6.45) is 0.360. The van der Waals surface area contributed by atoms with Crippen molar-refractivity contribution in [1.29, 1.82) is 0 Å². The Morgan fingerprint density at radius 2 is 2.17 bits per heavy atom. The van der Waals surface area contributed by atoms with Crippen LogP contribution in [0, 0.1) is 0 Å². The molecule has 2 N–H and O–H groups in total. The van der Waals surface area contributed by atoms with E-state index in [9.17, 15) is 14.7 Å². The molecule has 0 unspecified atom stereocenters. The maximum absolute atomic E-state index is 12.7. The van der Waals surface area contributed by atoms with Gasteiger partial charge in [0.05, 0.1) is 24.5 Å². The van der Waals surface area contributed by atoms with Gasteiger partial charge in [-0.2, -0.15) is 10.2 Å². The van der Waals surface area contributed by atoms with Gasteiger partial charge in [-0.05, 0) is 12.5 Å². The molecule has 9 nitrogen and oxygen atoms in total. The Balaban J connectivity index is 1.78. The van der Waals surface area contributed by atoms with Crippen LogP contribution >= 0.6 is 0 Å². The molecular weight excluding hydrogens is 314 g/mol. The fraction of sp³-hybridized carbons (Fsp3) is 0.600. The van der Waals surface area contributed by atoms with E-state index in [0.717, 1.165) is 12.1 Å². The number of aliphatic hydroxyl groups is 2. The number of aryl methyl sites for hydroxylation is 1. The molecule has 1 aromatic rings. The van der Waals surface area contributed by atoms with Crippen LogP contribution in [0.2, 0.25) is 0 Å². The Hall–Kier alpha value is -2.26. The number of hydrazone groups is 1. The highest BCUT2D eigenvalue weighted by Gasteiger charge is 2.28. The highest BCUT2D eigenvalue weighted by molar-refractivity contribution is 6.39. The molecule has 0 fully saturated rings. The summed E-state index contributed by atoms with van der Waals surface area (Å²) in [5.74, 6) is -0.267. The van der Waals surface area contributed by atoms with Gasteiger partial charge in [-0.1, -0.05) is 0 Å². The Morgan fingerprint density at radius 1 is 1.38 bits per heavy atom. The van der Waals surface area contributed by atoms with Crippen molar-refractivity contribution < 1.29 is 19.8 Å². The number of nitrogens with zero attached hydrogens (tertiary/aromatic N) is 5. The second kappa shape index (κ2) is 6.70. The lowest BCUT2D eigenvalue weighted by atomic mass is 10.1. The highest BCUT2D eigenvalue weighted by Crippen LogP contribution is 2.19. The summed E-state index contributed by atoms with van der Waals surface area (Å²) in [5, 5.41) is 28.4. The molecule has 0 aromatic carbocycles. The molecule has 0 saturated heterocycles. The van der Waals surface area contributed by atoms with E-state index in [1.165, 1.54) is 5.01 Å². The monoisotopic (exact) mass is 335 g/mol. The van der Waals surface area contributed by atoms with Crippen LogP contribution in [-0.4, -0.2) is 67.6 Å². The van der Waals surface area contributed by atoms with Crippen LogP contribution in [0.1, 0.15) is 36.8 Å². The number of hydrogen-bond acceptors (Lipinski definition) is 6. The van der Waals surface area contributed by atoms with Crippen LogP contribution in [0.3, 0.4) is 0 Å². The summed E-state index contributed by atoms with van der Waals surface area (Å²) >= 11 is 0. The summed E-state index contributed by atoms with van der Waals surface area (Å²) in [7, 11) is 1.55. The van der Waals surface area contributed by atoms with Crippen molar-refractivity contribution in [1.82, 2.24) is 19.7 Å². The molecule has 24 heavy (non-hydrogen) atoms. The van der Waals surface area contributed by atoms with Gasteiger partial charge >= 0.3 is 0 Å². The number of hydrogen-bond donors (Lipinski definition) is 2. The van der Waals surface area contributed by atoms with Gasteiger partial charge in [-0.15, -0.1) is 0 Å². The predicted molar refractivity (Wildman–Crippen MR) is 83.7 cm³/mol. The fourth-order valence-corrected chi connectivity index (χ4v) is 2.92. The average Bonchev–Trinajstić information content (AvgIpc) is 2.87. The first-order valence-corrected chi connectivity index (χ1v) is 7.98. The normalized spacial score (nSPS) is 19.6. The van der Waals surface area contributed by atoms with Gasteiger partial charge in [-0.3, -0.25) is 14.3 Å². The second-order valence-corrected chi connectivity index (χ2v) is 6.03. The number of aromatic nitrogens is 2. The molecule has 130 valence electrons. The third-order valence-electron chi connectivity index (χ3n) is 4.29. The number of carbonyl (C=O) groups is 2. The Kier molecular flexibility index (Phi) is 4.63. The lowest BCUT2D eigenvalue weighted by Crippen LogP contribution is -2.40. The number of fused-ring (bicyclic) bond motifs is 1. The van der Waals surface area contributed by atoms with E-state index < -0.39 is 12.7 Å². The molecule has 0 aliphatic carbocycles. The van der Waals surface area contributed by atoms with E-state index in [-0.39, 0.29) is 11.8 Å². The Bertz CT molecular complexity index is 683. The van der Waals surface area contributed by atoms with Gasteiger partial charge in [0.2, 0.25) is 5.91 Å². The van der Waals surface area contributed by atoms with Gasteiger partial charge < -0.3 is 15.1 Å². The molecule has 0 bridgehead atoms. The largest absolute Gasteiger partial charge is 0.393 e. The Morgan fingerprint density at radius 3 is 2.88 bits per heavy atom. The molecule has 0 radical (unpaired) electrons. The van der Waals surface area contributed by atoms with Crippen molar-refractivity contribution in [3.63, 3.8) is 0 Å². The molecule has 2 aliphatic heterocycles. The van der Waals surface area contributed by atoms with Crippen molar-refractivity contribution in [2.24, 2.45) is 5.10 Å². The van der Waals surface area contributed by atoms with E-state index in [1.54, 1.807) is 22.7 Å². The number of amides is 2. The van der Waals surface area contributed by atoms with E-state index >= 15 is 0 Å². The van der Waals surface area contributed by atoms with Crippen LogP contribution in [0.4, 0.5) is 0 Å². The lowest BCUT2D eigenvalue weighted by molar-refractivity contribution is -0.130. The van der Waals surface area contributed by atoms with Crippen molar-refractivity contribution in [2.45, 2.75) is 38.5 Å². The molecule has 0 spiro atoms. The molecular formula is C15H21N5O4. The Labute approximate surface area is 139 Å². The van der Waals surface area contributed by atoms with Crippen molar-refractivity contribution in [3.8, 4) is 0 Å². The van der Waals surface area contributed by atoms with Crippen LogP contribution in [0.5, 0.6) is 0 Å². The van der Waals surface area contributed by atoms with Gasteiger partial charge in [0.1, 0.15) is 11.8 Å². The zero-order valence-corrected chi connectivity index (χ0v) is 13.6. The third-order valence-corrected chi connectivity index (χ3v) is 4.29. The standard InChI is InChI=1S/C15H21N5O4/c1-18-14(23)4-3-11(16-18)15(24)19-5-2-6-20-10(8-19)7-12(17-20)13(22)9-21/h7,13,21-22H,2-6,8-9H2,1H3/t13-/m0/s1. The minimum atomic E-state index is -1.02. The van der Waals surface area contributed by atoms with Gasteiger partial charge in [0.25, 0.3) is 5.91 Å². The van der Waals surface area contributed by atoms with E-state index in [1.807, 2.05) is 0 Å². The lowest BCUT2D eigenvalue weighted by Gasteiger charge is -2.24. The first kappa shape index (κ1) is 16.6. The second-order valence-electron chi connectivity index (χ2n) is 6.03. The van der Waals surface area contributed by atoms with Crippen LogP contribution < -0.4 is 0 Å². The molecule has 3 heterocycles. The van der Waals surface area contributed by atoms with E-state index in [0.29, 0.717) is 43.9 Å². The van der Waals surface area contributed by atoms with E-state index in [4.69, 9.17) is 5.11 Å².